The van der Waals surface area contributed by atoms with Crippen LogP contribution in [0.2, 0.25) is 15.1 Å². The zero-order chi connectivity index (χ0) is 15.5. The van der Waals surface area contributed by atoms with Crippen LogP contribution in [0.5, 0.6) is 0 Å². The molecule has 0 aromatic heterocycles. The van der Waals surface area contributed by atoms with E-state index in [1.165, 1.54) is 17.0 Å². The molecule has 1 aliphatic heterocycles. The quantitative estimate of drug-likeness (QED) is 0.751. The van der Waals surface area contributed by atoms with Crippen molar-refractivity contribution in [2.75, 3.05) is 39.4 Å². The topological polar surface area (TPSA) is 59.8 Å². The number of hydrogen-bond acceptors (Lipinski definition) is 3. The number of rotatable bonds is 5. The molecule has 1 fully saturated rings. The molecule has 0 spiro atoms. The molecule has 2 rings (SSSR count). The predicted octanol–water partition coefficient (Wildman–Crippen LogP) is 0.840. The van der Waals surface area contributed by atoms with Crippen molar-refractivity contribution >= 4 is 44.8 Å². The molecule has 1 aromatic rings. The van der Waals surface area contributed by atoms with Gasteiger partial charge in [-0.3, -0.25) is 0 Å². The number of sulfonamides is 1. The Kier molecular flexibility index (Phi) is 6.14. The predicted molar refractivity (Wildman–Crippen MR) is 83.0 cm³/mol. The van der Waals surface area contributed by atoms with Crippen molar-refractivity contribution < 1.29 is 18.1 Å². The first-order valence-corrected chi connectivity index (χ1v) is 9.08. The molecule has 0 bridgehead atoms. The summed E-state index contributed by atoms with van der Waals surface area (Å²) < 4.78 is 32.2. The molecule has 0 aliphatic carbocycles. The molecule has 0 saturated carbocycles. The van der Waals surface area contributed by atoms with E-state index in [1.54, 1.807) is 0 Å². The number of halogens is 3. The van der Waals surface area contributed by atoms with Crippen molar-refractivity contribution in [3.05, 3.63) is 27.2 Å². The Balaban J connectivity index is 2.00. The van der Waals surface area contributed by atoms with Gasteiger partial charge in [0, 0.05) is 0 Å². The Labute approximate surface area is 139 Å². The van der Waals surface area contributed by atoms with Gasteiger partial charge in [0.25, 0.3) is 0 Å². The second-order valence-electron chi connectivity index (χ2n) is 4.68. The number of hydrogen-bond donors (Lipinski definition) is 2. The molecule has 0 radical (unpaired) electrons. The third kappa shape index (κ3) is 4.45. The van der Waals surface area contributed by atoms with Gasteiger partial charge in [0.1, 0.15) is 18.0 Å². The summed E-state index contributed by atoms with van der Waals surface area (Å²) >= 11 is 17.6. The first-order valence-electron chi connectivity index (χ1n) is 6.46. The summed E-state index contributed by atoms with van der Waals surface area (Å²) in [6.45, 7) is 4.21. The maximum absolute atomic E-state index is 12.2. The van der Waals surface area contributed by atoms with Gasteiger partial charge in [-0.15, -0.1) is 0 Å². The van der Waals surface area contributed by atoms with Crippen molar-refractivity contribution in [3.8, 4) is 0 Å². The van der Waals surface area contributed by atoms with Crippen LogP contribution in [0.4, 0.5) is 0 Å². The lowest BCUT2D eigenvalue weighted by Crippen LogP contribution is -3.14. The highest BCUT2D eigenvalue weighted by Crippen LogP contribution is 2.34. The Morgan fingerprint density at radius 2 is 1.81 bits per heavy atom. The van der Waals surface area contributed by atoms with E-state index in [-0.39, 0.29) is 20.0 Å². The van der Waals surface area contributed by atoms with E-state index in [0.717, 1.165) is 13.1 Å². The number of nitrogens with one attached hydrogen (secondary N) is 2. The van der Waals surface area contributed by atoms with Gasteiger partial charge in [-0.1, -0.05) is 34.8 Å². The van der Waals surface area contributed by atoms with E-state index in [1.807, 2.05) is 0 Å². The van der Waals surface area contributed by atoms with Crippen LogP contribution in [0.15, 0.2) is 17.0 Å². The lowest BCUT2D eigenvalue weighted by Gasteiger charge is -2.23. The van der Waals surface area contributed by atoms with Crippen LogP contribution in [-0.4, -0.2) is 47.8 Å². The minimum Gasteiger partial charge on any atom is -0.370 e. The average molecular weight is 375 g/mol. The van der Waals surface area contributed by atoms with E-state index in [4.69, 9.17) is 39.5 Å². The van der Waals surface area contributed by atoms with Gasteiger partial charge in [0.15, 0.2) is 0 Å². The number of quaternary nitrogens is 1. The van der Waals surface area contributed by atoms with Gasteiger partial charge in [0.2, 0.25) is 10.0 Å². The van der Waals surface area contributed by atoms with E-state index >= 15 is 0 Å². The minimum absolute atomic E-state index is 0.0417. The maximum atomic E-state index is 12.2. The molecule has 2 N–H and O–H groups in total. The van der Waals surface area contributed by atoms with Gasteiger partial charge in [-0.25, -0.2) is 13.1 Å². The number of ether oxygens (including phenoxy) is 1. The summed E-state index contributed by atoms with van der Waals surface area (Å²) in [5, 5.41) is 0.203. The molecule has 0 unspecified atom stereocenters. The van der Waals surface area contributed by atoms with Crippen LogP contribution in [-0.2, 0) is 14.8 Å². The van der Waals surface area contributed by atoms with E-state index in [2.05, 4.69) is 4.72 Å². The lowest BCUT2D eigenvalue weighted by molar-refractivity contribution is -0.906. The molecule has 9 heteroatoms. The highest BCUT2D eigenvalue weighted by atomic mass is 35.5. The standard InChI is InChI=1S/C12H15Cl3N2O3S/c13-9-1-2-10(12(15)11(9)14)21(18,19)16-3-4-17-5-7-20-8-6-17/h1-2,16H,3-8H2/p+1. The normalized spacial score (nSPS) is 17.1. The number of benzene rings is 1. The molecule has 21 heavy (non-hydrogen) atoms. The van der Waals surface area contributed by atoms with Crippen LogP contribution in [0.25, 0.3) is 0 Å². The zero-order valence-electron chi connectivity index (χ0n) is 11.2. The fourth-order valence-corrected chi connectivity index (χ4v) is 4.07. The molecule has 1 saturated heterocycles. The molecular formula is C12H16Cl3N2O3S+. The molecule has 0 amide bonds. The zero-order valence-corrected chi connectivity index (χ0v) is 14.2. The monoisotopic (exact) mass is 373 g/mol. The first-order chi connectivity index (χ1) is 9.92. The van der Waals surface area contributed by atoms with E-state index in [0.29, 0.717) is 26.3 Å². The summed E-state index contributed by atoms with van der Waals surface area (Å²) in [7, 11) is -3.70. The van der Waals surface area contributed by atoms with Gasteiger partial charge in [0.05, 0.1) is 41.4 Å². The highest BCUT2D eigenvalue weighted by Gasteiger charge is 2.22. The SMILES string of the molecule is O=S(=O)(NCC[NH+]1CCOCC1)c1ccc(Cl)c(Cl)c1Cl. The second kappa shape index (κ2) is 7.46. The number of morpholine rings is 1. The van der Waals surface area contributed by atoms with Crippen LogP contribution in [0.3, 0.4) is 0 Å². The van der Waals surface area contributed by atoms with Crippen molar-refractivity contribution in [1.82, 2.24) is 4.72 Å². The highest BCUT2D eigenvalue weighted by molar-refractivity contribution is 7.89. The Hall–Kier alpha value is -0.0800. The maximum Gasteiger partial charge on any atom is 0.242 e. The summed E-state index contributed by atoms with van der Waals surface area (Å²) in [6.07, 6.45) is 0. The fraction of sp³-hybridized carbons (Fsp3) is 0.500. The molecule has 1 aromatic carbocycles. The average Bonchev–Trinajstić information content (AvgIpc) is 2.45. The van der Waals surface area contributed by atoms with E-state index < -0.39 is 10.0 Å². The largest absolute Gasteiger partial charge is 0.370 e. The van der Waals surface area contributed by atoms with E-state index in [9.17, 15) is 8.42 Å². The van der Waals surface area contributed by atoms with Gasteiger partial charge in [-0.05, 0) is 12.1 Å². The summed E-state index contributed by atoms with van der Waals surface area (Å²) in [6, 6.07) is 2.76. The fourth-order valence-electron chi connectivity index (χ4n) is 2.07. The van der Waals surface area contributed by atoms with Crippen molar-refractivity contribution in [2.24, 2.45) is 0 Å². The summed E-state index contributed by atoms with van der Waals surface area (Å²) in [5.41, 5.74) is 0. The van der Waals surface area contributed by atoms with Crippen LogP contribution in [0, 0.1) is 0 Å². The third-order valence-corrected chi connectivity index (χ3v) is 6.17. The molecule has 0 atom stereocenters. The van der Waals surface area contributed by atoms with Crippen molar-refractivity contribution in [3.63, 3.8) is 0 Å². The van der Waals surface area contributed by atoms with Crippen LogP contribution < -0.4 is 9.62 Å². The van der Waals surface area contributed by atoms with Gasteiger partial charge in [-0.2, -0.15) is 0 Å². The summed E-state index contributed by atoms with van der Waals surface area (Å²) in [5.74, 6) is 0. The third-order valence-electron chi connectivity index (χ3n) is 3.26. The Morgan fingerprint density at radius 3 is 2.48 bits per heavy atom. The lowest BCUT2D eigenvalue weighted by atomic mass is 10.4. The van der Waals surface area contributed by atoms with Gasteiger partial charge >= 0.3 is 0 Å². The first kappa shape index (κ1) is 17.3. The second-order valence-corrected chi connectivity index (χ2v) is 7.58. The Bertz CT molecular complexity index is 604. The molecular weight excluding hydrogens is 359 g/mol. The van der Waals surface area contributed by atoms with Crippen LogP contribution in [0.1, 0.15) is 0 Å². The molecule has 1 aliphatic rings. The van der Waals surface area contributed by atoms with Crippen molar-refractivity contribution in [2.45, 2.75) is 4.90 Å². The van der Waals surface area contributed by atoms with Crippen LogP contribution >= 0.6 is 34.8 Å². The Morgan fingerprint density at radius 1 is 1.14 bits per heavy atom. The molecule has 5 nitrogen and oxygen atoms in total. The smallest absolute Gasteiger partial charge is 0.242 e. The summed E-state index contributed by atoms with van der Waals surface area (Å²) in [4.78, 5) is 1.25. The van der Waals surface area contributed by atoms with Crippen molar-refractivity contribution in [1.29, 1.82) is 0 Å². The van der Waals surface area contributed by atoms with Gasteiger partial charge < -0.3 is 9.64 Å². The molecule has 1 heterocycles. The minimum atomic E-state index is -3.70. The molecule has 118 valence electrons.